The summed E-state index contributed by atoms with van der Waals surface area (Å²) in [6.07, 6.45) is 3.61. The molecule has 124 valence electrons. The van der Waals surface area contributed by atoms with Crippen LogP contribution in [-0.4, -0.2) is 36.0 Å². The van der Waals surface area contributed by atoms with Crippen LogP contribution < -0.4 is 10.6 Å². The maximum atomic E-state index is 13.8. The van der Waals surface area contributed by atoms with Crippen LogP contribution in [0.15, 0.2) is 18.2 Å². The molecule has 1 heterocycles. The van der Waals surface area contributed by atoms with E-state index in [1.54, 1.807) is 6.07 Å². The molecule has 0 radical (unpaired) electrons. The zero-order valence-electron chi connectivity index (χ0n) is 12.6. The molecule has 2 aliphatic rings. The van der Waals surface area contributed by atoms with Gasteiger partial charge in [0.15, 0.2) is 5.82 Å². The lowest BCUT2D eigenvalue weighted by atomic mass is 10.1. The van der Waals surface area contributed by atoms with Crippen molar-refractivity contribution in [3.63, 3.8) is 0 Å². The quantitative estimate of drug-likeness (QED) is 0.889. The van der Waals surface area contributed by atoms with Gasteiger partial charge in [0, 0.05) is 25.0 Å². The van der Waals surface area contributed by atoms with Crippen molar-refractivity contribution in [1.29, 1.82) is 0 Å². The fourth-order valence-electron chi connectivity index (χ4n) is 2.83. The van der Waals surface area contributed by atoms with Crippen molar-refractivity contribution in [3.05, 3.63) is 29.0 Å². The van der Waals surface area contributed by atoms with E-state index in [0.29, 0.717) is 6.54 Å². The zero-order valence-corrected chi connectivity index (χ0v) is 13.4. The Kier molecular flexibility index (Phi) is 4.71. The Balaban J connectivity index is 1.54. The molecule has 3 rings (SSSR count). The molecule has 0 aromatic heterocycles. The summed E-state index contributed by atoms with van der Waals surface area (Å²) in [5.41, 5.74) is 0.0386. The molecule has 1 atom stereocenters. The lowest BCUT2D eigenvalue weighted by molar-refractivity contribution is -0.133. The van der Waals surface area contributed by atoms with Gasteiger partial charge in [-0.1, -0.05) is 17.7 Å². The van der Waals surface area contributed by atoms with Gasteiger partial charge in [0.25, 0.3) is 0 Å². The van der Waals surface area contributed by atoms with Gasteiger partial charge in [0.2, 0.25) is 5.91 Å². The molecule has 7 heteroatoms. The molecule has 0 unspecified atom stereocenters. The maximum absolute atomic E-state index is 13.8. The normalized spacial score (nSPS) is 21.0. The third-order valence-corrected chi connectivity index (χ3v) is 4.49. The molecule has 0 bridgehead atoms. The topological polar surface area (TPSA) is 61.4 Å². The Hall–Kier alpha value is -1.82. The van der Waals surface area contributed by atoms with Gasteiger partial charge >= 0.3 is 6.03 Å². The standard InChI is InChI=1S/C16H19ClFN3O2/c17-12-4-1-5-13(14(12)18)20-16(23)19-11-3-2-8-21(9-11)15(22)10-6-7-10/h1,4-5,10-11H,2-3,6-9H2,(H2,19,20,23)/t11-/m1/s1. The van der Waals surface area contributed by atoms with Crippen LogP contribution in [0.4, 0.5) is 14.9 Å². The minimum absolute atomic E-state index is 0.0386. The van der Waals surface area contributed by atoms with E-state index in [-0.39, 0.29) is 28.6 Å². The first kappa shape index (κ1) is 16.1. The van der Waals surface area contributed by atoms with Crippen molar-refractivity contribution in [1.82, 2.24) is 10.2 Å². The highest BCUT2D eigenvalue weighted by atomic mass is 35.5. The van der Waals surface area contributed by atoms with Crippen LogP contribution in [0.25, 0.3) is 0 Å². The Morgan fingerprint density at radius 3 is 2.78 bits per heavy atom. The number of piperidine rings is 1. The molecule has 5 nitrogen and oxygen atoms in total. The molecule has 2 N–H and O–H groups in total. The van der Waals surface area contributed by atoms with E-state index in [9.17, 15) is 14.0 Å². The molecule has 1 aliphatic carbocycles. The summed E-state index contributed by atoms with van der Waals surface area (Å²) in [6.45, 7) is 1.26. The lowest BCUT2D eigenvalue weighted by Crippen LogP contribution is -2.50. The summed E-state index contributed by atoms with van der Waals surface area (Å²) in [7, 11) is 0. The first-order valence-corrected chi connectivity index (χ1v) is 8.22. The molecule has 1 aromatic rings. The van der Waals surface area contributed by atoms with E-state index in [1.807, 2.05) is 4.90 Å². The van der Waals surface area contributed by atoms with Crippen LogP contribution in [0.2, 0.25) is 5.02 Å². The van der Waals surface area contributed by atoms with Crippen molar-refractivity contribution >= 4 is 29.2 Å². The van der Waals surface area contributed by atoms with Crippen LogP contribution in [0.1, 0.15) is 25.7 Å². The lowest BCUT2D eigenvalue weighted by Gasteiger charge is -2.33. The predicted octanol–water partition coefficient (Wildman–Crippen LogP) is 3.00. The van der Waals surface area contributed by atoms with Gasteiger partial charge in [0.05, 0.1) is 10.7 Å². The molecule has 1 aliphatic heterocycles. The molecule has 1 saturated heterocycles. The number of anilines is 1. The average molecular weight is 340 g/mol. The second-order valence-electron chi connectivity index (χ2n) is 6.10. The van der Waals surface area contributed by atoms with Crippen LogP contribution >= 0.6 is 11.6 Å². The number of likely N-dealkylation sites (tertiary alicyclic amines) is 1. The smallest absolute Gasteiger partial charge is 0.319 e. The van der Waals surface area contributed by atoms with Crippen LogP contribution in [0.3, 0.4) is 0 Å². The van der Waals surface area contributed by atoms with Crippen LogP contribution in [-0.2, 0) is 4.79 Å². The van der Waals surface area contributed by atoms with Crippen LogP contribution in [0.5, 0.6) is 0 Å². The van der Waals surface area contributed by atoms with E-state index < -0.39 is 11.8 Å². The highest BCUT2D eigenvalue weighted by Gasteiger charge is 2.35. The second-order valence-corrected chi connectivity index (χ2v) is 6.50. The summed E-state index contributed by atoms with van der Waals surface area (Å²) >= 11 is 5.69. The van der Waals surface area contributed by atoms with Crippen molar-refractivity contribution in [2.45, 2.75) is 31.7 Å². The first-order chi connectivity index (χ1) is 11.0. The number of hydrogen-bond acceptors (Lipinski definition) is 2. The van der Waals surface area contributed by atoms with Crippen molar-refractivity contribution in [2.75, 3.05) is 18.4 Å². The Morgan fingerprint density at radius 1 is 1.26 bits per heavy atom. The minimum atomic E-state index is -0.654. The van der Waals surface area contributed by atoms with Crippen molar-refractivity contribution in [3.8, 4) is 0 Å². The van der Waals surface area contributed by atoms with Crippen LogP contribution in [0, 0.1) is 11.7 Å². The number of carbonyl (C=O) groups excluding carboxylic acids is 2. The third-order valence-electron chi connectivity index (χ3n) is 4.19. The van der Waals surface area contributed by atoms with E-state index in [4.69, 9.17) is 11.6 Å². The van der Waals surface area contributed by atoms with E-state index in [1.165, 1.54) is 12.1 Å². The van der Waals surface area contributed by atoms with Gasteiger partial charge in [-0.25, -0.2) is 9.18 Å². The number of rotatable bonds is 3. The second kappa shape index (κ2) is 6.74. The van der Waals surface area contributed by atoms with Gasteiger partial charge in [-0.3, -0.25) is 4.79 Å². The number of benzene rings is 1. The first-order valence-electron chi connectivity index (χ1n) is 7.85. The number of hydrogen-bond donors (Lipinski definition) is 2. The molecule has 3 amide bonds. The summed E-state index contributed by atoms with van der Waals surface area (Å²) in [4.78, 5) is 26.0. The molecular weight excluding hydrogens is 321 g/mol. The average Bonchev–Trinajstić information content (AvgIpc) is 3.36. The molecule has 23 heavy (non-hydrogen) atoms. The number of nitrogens with one attached hydrogen (secondary N) is 2. The fraction of sp³-hybridized carbons (Fsp3) is 0.500. The van der Waals surface area contributed by atoms with Gasteiger partial charge in [-0.2, -0.15) is 0 Å². The summed E-state index contributed by atoms with van der Waals surface area (Å²) < 4.78 is 13.8. The minimum Gasteiger partial charge on any atom is -0.340 e. The molecule has 1 saturated carbocycles. The Morgan fingerprint density at radius 2 is 2.04 bits per heavy atom. The van der Waals surface area contributed by atoms with Gasteiger partial charge in [-0.05, 0) is 37.8 Å². The number of nitrogens with zero attached hydrogens (tertiary/aromatic N) is 1. The summed E-state index contributed by atoms with van der Waals surface area (Å²) in [5, 5.41) is 5.23. The summed E-state index contributed by atoms with van der Waals surface area (Å²) in [5.74, 6) is -0.278. The molecular formula is C16H19ClFN3O2. The number of halogens is 2. The Bertz CT molecular complexity index is 621. The summed E-state index contributed by atoms with van der Waals surface area (Å²) in [6, 6.07) is 3.83. The van der Waals surface area contributed by atoms with E-state index >= 15 is 0 Å². The predicted molar refractivity (Wildman–Crippen MR) is 85.9 cm³/mol. The number of urea groups is 1. The molecule has 2 fully saturated rings. The van der Waals surface area contributed by atoms with Gasteiger partial charge in [-0.15, -0.1) is 0 Å². The highest BCUT2D eigenvalue weighted by molar-refractivity contribution is 6.31. The monoisotopic (exact) mass is 339 g/mol. The maximum Gasteiger partial charge on any atom is 0.319 e. The fourth-order valence-corrected chi connectivity index (χ4v) is 3.00. The molecule has 1 aromatic carbocycles. The van der Waals surface area contributed by atoms with Gasteiger partial charge in [0.1, 0.15) is 0 Å². The van der Waals surface area contributed by atoms with Crippen molar-refractivity contribution < 1.29 is 14.0 Å². The molecule has 0 spiro atoms. The van der Waals surface area contributed by atoms with Gasteiger partial charge < -0.3 is 15.5 Å². The van der Waals surface area contributed by atoms with Crippen molar-refractivity contribution in [2.24, 2.45) is 5.92 Å². The number of amides is 3. The third kappa shape index (κ3) is 3.93. The Labute approximate surface area is 139 Å². The largest absolute Gasteiger partial charge is 0.340 e. The SMILES string of the molecule is O=C(Nc1cccc(Cl)c1F)N[C@@H]1CCCN(C(=O)C2CC2)C1. The van der Waals surface area contributed by atoms with E-state index in [0.717, 1.165) is 32.2 Å². The zero-order chi connectivity index (χ0) is 16.4. The highest BCUT2D eigenvalue weighted by Crippen LogP contribution is 2.32. The number of carbonyl (C=O) groups is 2. The van der Waals surface area contributed by atoms with E-state index in [2.05, 4.69) is 10.6 Å².